The summed E-state index contributed by atoms with van der Waals surface area (Å²) in [5.74, 6) is 0. The summed E-state index contributed by atoms with van der Waals surface area (Å²) in [5.41, 5.74) is 13.2. The van der Waals surface area contributed by atoms with Gasteiger partial charge < -0.3 is 9.80 Å². The van der Waals surface area contributed by atoms with Crippen LogP contribution >= 0.6 is 11.3 Å². The Morgan fingerprint density at radius 1 is 0.556 bits per heavy atom. The number of anilines is 6. The van der Waals surface area contributed by atoms with Crippen LogP contribution in [0.2, 0.25) is 13.1 Å². The first-order valence-electron chi connectivity index (χ1n) is 15.7. The molecular formula is C40H29BN2SSi. The van der Waals surface area contributed by atoms with Crippen molar-refractivity contribution in [1.29, 1.82) is 0 Å². The molecule has 0 fully saturated rings. The number of benzene rings is 6. The Morgan fingerprint density at radius 2 is 1.27 bits per heavy atom. The lowest BCUT2D eigenvalue weighted by atomic mass is 9.36. The second-order valence-corrected chi connectivity index (χ2v) is 18.3. The van der Waals surface area contributed by atoms with E-state index in [0.717, 1.165) is 0 Å². The first kappa shape index (κ1) is 25.5. The molecule has 0 radical (unpaired) electrons. The molecule has 2 nitrogen and oxygen atoms in total. The van der Waals surface area contributed by atoms with Gasteiger partial charge in [-0.3, -0.25) is 0 Å². The second kappa shape index (κ2) is 9.10. The topological polar surface area (TPSA) is 6.48 Å². The van der Waals surface area contributed by atoms with Gasteiger partial charge in [-0.15, -0.1) is 11.3 Å². The van der Waals surface area contributed by atoms with Gasteiger partial charge in [0.1, 0.15) is 8.07 Å². The molecule has 7 aromatic rings. The fraction of sp³-hybridized carbons (Fsp3) is 0.0500. The van der Waals surface area contributed by atoms with E-state index in [4.69, 9.17) is 0 Å². The van der Waals surface area contributed by atoms with Crippen molar-refractivity contribution in [3.63, 3.8) is 0 Å². The molecule has 0 atom stereocenters. The monoisotopic (exact) mass is 608 g/mol. The maximum atomic E-state index is 2.65. The third-order valence-corrected chi connectivity index (χ3v) is 15.0. The third-order valence-electron chi connectivity index (χ3n) is 10.2. The Balaban J connectivity index is 1.41. The molecule has 0 saturated carbocycles. The minimum absolute atomic E-state index is 0.146. The zero-order valence-electron chi connectivity index (χ0n) is 25.2. The summed E-state index contributed by atoms with van der Waals surface area (Å²) in [4.78, 5) is 5.19. The summed E-state index contributed by atoms with van der Waals surface area (Å²) < 4.78 is 2.78. The van der Waals surface area contributed by atoms with Gasteiger partial charge in [0.25, 0.3) is 6.71 Å². The molecule has 1 aromatic heterocycles. The predicted octanol–water partition coefficient (Wildman–Crippen LogP) is 7.79. The molecule has 0 aliphatic carbocycles. The van der Waals surface area contributed by atoms with E-state index in [2.05, 4.69) is 162 Å². The van der Waals surface area contributed by atoms with Gasteiger partial charge in [0.15, 0.2) is 0 Å². The first-order valence-corrected chi connectivity index (χ1v) is 19.6. The zero-order chi connectivity index (χ0) is 29.9. The maximum Gasteiger partial charge on any atom is 0.264 e. The van der Waals surface area contributed by atoms with Crippen molar-refractivity contribution in [3.05, 3.63) is 140 Å². The van der Waals surface area contributed by atoms with E-state index in [1.54, 1.807) is 0 Å². The van der Waals surface area contributed by atoms with Crippen LogP contribution in [0.15, 0.2) is 140 Å². The molecule has 45 heavy (non-hydrogen) atoms. The van der Waals surface area contributed by atoms with E-state index in [1.165, 1.54) is 81.4 Å². The summed E-state index contributed by atoms with van der Waals surface area (Å²) in [6.45, 7) is 5.21. The number of thiophene rings is 1. The molecule has 4 heterocycles. The van der Waals surface area contributed by atoms with Crippen LogP contribution in [0.25, 0.3) is 21.2 Å². The van der Waals surface area contributed by atoms with Gasteiger partial charge in [-0.1, -0.05) is 122 Å². The molecule has 0 bridgehead atoms. The van der Waals surface area contributed by atoms with Crippen LogP contribution in [0.3, 0.4) is 0 Å². The number of para-hydroxylation sites is 3. The Labute approximate surface area is 268 Å². The van der Waals surface area contributed by atoms with Gasteiger partial charge >= 0.3 is 0 Å². The van der Waals surface area contributed by atoms with Gasteiger partial charge in [0.05, 0.1) is 11.4 Å². The van der Waals surface area contributed by atoms with E-state index < -0.39 is 8.07 Å². The van der Waals surface area contributed by atoms with E-state index in [-0.39, 0.29) is 6.71 Å². The minimum Gasteiger partial charge on any atom is -0.311 e. The fourth-order valence-electron chi connectivity index (χ4n) is 8.28. The van der Waals surface area contributed by atoms with Gasteiger partial charge in [0, 0.05) is 43.2 Å². The van der Waals surface area contributed by atoms with Crippen LogP contribution in [-0.4, -0.2) is 14.8 Å². The lowest BCUT2D eigenvalue weighted by Gasteiger charge is -2.49. The normalized spacial score (nSPS) is 14.9. The number of hydrogen-bond donors (Lipinski definition) is 0. The second-order valence-electron chi connectivity index (χ2n) is 12.9. The van der Waals surface area contributed by atoms with Crippen LogP contribution in [0.1, 0.15) is 0 Å². The molecule has 3 aliphatic heterocycles. The quantitative estimate of drug-likeness (QED) is 0.185. The summed E-state index contributed by atoms with van der Waals surface area (Å²) in [6.07, 6.45) is 0. The Hall–Kier alpha value is -4.84. The molecule has 0 amide bonds. The fourth-order valence-corrected chi connectivity index (χ4v) is 12.6. The largest absolute Gasteiger partial charge is 0.311 e. The summed E-state index contributed by atoms with van der Waals surface area (Å²) in [6, 6.07) is 52.1. The van der Waals surface area contributed by atoms with Crippen molar-refractivity contribution in [2.24, 2.45) is 0 Å². The van der Waals surface area contributed by atoms with Crippen molar-refractivity contribution in [1.82, 2.24) is 0 Å². The predicted molar refractivity (Wildman–Crippen MR) is 198 cm³/mol. The van der Waals surface area contributed by atoms with E-state index >= 15 is 0 Å². The number of rotatable bonds is 2. The smallest absolute Gasteiger partial charge is 0.264 e. The highest BCUT2D eigenvalue weighted by Crippen LogP contribution is 2.50. The van der Waals surface area contributed by atoms with Crippen LogP contribution in [0, 0.1) is 0 Å². The standard InChI is InChI=1S/C40H29BN2SSi/c1-45(2)34-22-12-10-20-31(34)43-37-28(26-14-5-3-6-15-26)24-25-32-36(37)41(30-19-13-23-35(45)39(30)43)40-38(29-18-9-11-21-33(29)44-40)42(32)27-16-7-4-8-17-27/h3-25H,1-2H3. The molecule has 6 aromatic carbocycles. The van der Waals surface area contributed by atoms with Crippen LogP contribution in [0.5, 0.6) is 0 Å². The van der Waals surface area contributed by atoms with Crippen molar-refractivity contribution in [2.45, 2.75) is 13.1 Å². The van der Waals surface area contributed by atoms with Crippen molar-refractivity contribution >= 4 is 96.4 Å². The summed E-state index contributed by atoms with van der Waals surface area (Å²) >= 11 is 1.97. The number of nitrogens with zero attached hydrogens (tertiary/aromatic N) is 2. The Morgan fingerprint density at radius 3 is 2.11 bits per heavy atom. The zero-order valence-corrected chi connectivity index (χ0v) is 27.0. The number of hydrogen-bond acceptors (Lipinski definition) is 3. The van der Waals surface area contributed by atoms with Crippen LogP contribution < -0.4 is 35.9 Å². The van der Waals surface area contributed by atoms with Crippen molar-refractivity contribution in [3.8, 4) is 11.1 Å². The Bertz CT molecular complexity index is 2330. The van der Waals surface area contributed by atoms with Crippen LogP contribution in [-0.2, 0) is 0 Å². The maximum absolute atomic E-state index is 2.65. The average molecular weight is 609 g/mol. The molecule has 10 rings (SSSR count). The molecule has 5 heteroatoms. The highest BCUT2D eigenvalue weighted by Gasteiger charge is 2.50. The Kier molecular flexibility index (Phi) is 5.15. The highest BCUT2D eigenvalue weighted by molar-refractivity contribution is 7.33. The lowest BCUT2D eigenvalue weighted by molar-refractivity contribution is 1.26. The molecule has 0 N–H and O–H groups in total. The number of fused-ring (bicyclic) bond motifs is 8. The van der Waals surface area contributed by atoms with Gasteiger partial charge in [0.2, 0.25) is 0 Å². The minimum atomic E-state index is -1.98. The molecular weight excluding hydrogens is 579 g/mol. The highest BCUT2D eigenvalue weighted by atomic mass is 32.1. The summed E-state index contributed by atoms with van der Waals surface area (Å²) in [7, 11) is -1.98. The summed E-state index contributed by atoms with van der Waals surface area (Å²) in [5, 5.41) is 4.36. The van der Waals surface area contributed by atoms with Crippen molar-refractivity contribution < 1.29 is 0 Å². The molecule has 0 saturated heterocycles. The lowest BCUT2D eigenvalue weighted by Crippen LogP contribution is -2.67. The van der Waals surface area contributed by atoms with E-state index in [0.29, 0.717) is 0 Å². The molecule has 3 aliphatic rings. The average Bonchev–Trinajstić information content (AvgIpc) is 3.47. The molecule has 212 valence electrons. The third kappa shape index (κ3) is 3.29. The molecule has 0 unspecified atom stereocenters. The molecule has 0 spiro atoms. The first-order chi connectivity index (χ1) is 22.1. The van der Waals surface area contributed by atoms with Crippen LogP contribution in [0.4, 0.5) is 34.1 Å². The SMILES string of the molecule is C[Si]1(C)c2ccccc2N2c3c(cccc31)B1c3sc4ccccc4c3N(c3ccccc3)c3ccc(-c4ccccc4)c2c31. The van der Waals surface area contributed by atoms with Gasteiger partial charge in [-0.25, -0.2) is 0 Å². The van der Waals surface area contributed by atoms with E-state index in [1.807, 2.05) is 11.3 Å². The van der Waals surface area contributed by atoms with E-state index in [9.17, 15) is 0 Å². The van der Waals surface area contributed by atoms with Gasteiger partial charge in [-0.05, 0) is 57.2 Å². The van der Waals surface area contributed by atoms with Crippen molar-refractivity contribution in [2.75, 3.05) is 9.80 Å². The van der Waals surface area contributed by atoms with Gasteiger partial charge in [-0.2, -0.15) is 0 Å².